The van der Waals surface area contributed by atoms with E-state index >= 15 is 0 Å². The molecule has 0 aliphatic carbocycles. The fourth-order valence-corrected chi connectivity index (χ4v) is 3.29. The average Bonchev–Trinajstić information content (AvgIpc) is 2.95. The zero-order valence-electron chi connectivity index (χ0n) is 14.6. The van der Waals surface area contributed by atoms with E-state index in [9.17, 15) is 14.7 Å². The summed E-state index contributed by atoms with van der Waals surface area (Å²) in [5.74, 6) is -1.01. The Bertz CT molecular complexity index is 1160. The number of aromatic nitrogens is 2. The van der Waals surface area contributed by atoms with Crippen molar-refractivity contribution in [1.29, 1.82) is 0 Å². The molecule has 27 heavy (non-hydrogen) atoms. The van der Waals surface area contributed by atoms with Gasteiger partial charge in [-0.1, -0.05) is 60.7 Å². The van der Waals surface area contributed by atoms with Crippen LogP contribution in [-0.4, -0.2) is 20.2 Å². The number of rotatable bonds is 5. The highest BCUT2D eigenvalue weighted by molar-refractivity contribution is 5.92. The summed E-state index contributed by atoms with van der Waals surface area (Å²) >= 11 is 0. The summed E-state index contributed by atoms with van der Waals surface area (Å²) in [5, 5.41) is 9.34. The fourth-order valence-electron chi connectivity index (χ4n) is 3.29. The van der Waals surface area contributed by atoms with Crippen molar-refractivity contribution in [3.05, 3.63) is 106 Å². The molecule has 1 heterocycles. The van der Waals surface area contributed by atoms with Crippen LogP contribution in [0.1, 0.15) is 21.5 Å². The average molecular weight is 358 g/mol. The van der Waals surface area contributed by atoms with Crippen molar-refractivity contribution in [2.24, 2.45) is 0 Å². The van der Waals surface area contributed by atoms with Gasteiger partial charge in [-0.2, -0.15) is 0 Å². The third kappa shape index (κ3) is 3.27. The van der Waals surface area contributed by atoms with Crippen LogP contribution >= 0.6 is 0 Å². The molecule has 0 radical (unpaired) electrons. The predicted molar refractivity (Wildman–Crippen MR) is 104 cm³/mol. The first-order valence-electron chi connectivity index (χ1n) is 8.68. The highest BCUT2D eigenvalue weighted by atomic mass is 16.4. The van der Waals surface area contributed by atoms with Gasteiger partial charge < -0.3 is 5.11 Å². The number of hydrogen-bond acceptors (Lipinski definition) is 2. The molecule has 0 unspecified atom stereocenters. The Morgan fingerprint density at radius 3 is 1.78 bits per heavy atom. The molecule has 0 atom stereocenters. The summed E-state index contributed by atoms with van der Waals surface area (Å²) in [6.45, 7) is 0.825. The molecule has 0 saturated carbocycles. The van der Waals surface area contributed by atoms with Gasteiger partial charge in [0.1, 0.15) is 0 Å². The van der Waals surface area contributed by atoms with Gasteiger partial charge in [0.15, 0.2) is 0 Å². The van der Waals surface area contributed by atoms with Crippen LogP contribution in [0, 0.1) is 0 Å². The molecule has 4 aromatic rings. The molecule has 4 rings (SSSR count). The SMILES string of the molecule is O=C(O)c1ccc2c(c1)n(Cc1ccccc1)c(=O)n2Cc1ccccc1. The molecule has 1 N–H and O–H groups in total. The highest BCUT2D eigenvalue weighted by Gasteiger charge is 2.16. The minimum absolute atomic E-state index is 0.153. The van der Waals surface area contributed by atoms with Crippen LogP contribution in [0.2, 0.25) is 0 Å². The Morgan fingerprint density at radius 2 is 1.26 bits per heavy atom. The number of carbonyl (C=O) groups is 1. The molecule has 0 amide bonds. The van der Waals surface area contributed by atoms with Crippen molar-refractivity contribution in [2.45, 2.75) is 13.1 Å². The van der Waals surface area contributed by atoms with Gasteiger partial charge in [-0.3, -0.25) is 9.13 Å². The summed E-state index contributed by atoms with van der Waals surface area (Å²) in [4.78, 5) is 24.6. The van der Waals surface area contributed by atoms with Gasteiger partial charge in [0.2, 0.25) is 0 Å². The molecule has 0 saturated heterocycles. The third-order valence-corrected chi connectivity index (χ3v) is 4.63. The van der Waals surface area contributed by atoms with Crippen molar-refractivity contribution >= 4 is 17.0 Å². The van der Waals surface area contributed by atoms with Crippen LogP contribution in [0.25, 0.3) is 11.0 Å². The third-order valence-electron chi connectivity index (χ3n) is 4.63. The molecule has 5 nitrogen and oxygen atoms in total. The number of hydrogen-bond donors (Lipinski definition) is 1. The molecule has 0 aliphatic heterocycles. The Labute approximate surface area is 155 Å². The van der Waals surface area contributed by atoms with E-state index in [0.29, 0.717) is 18.6 Å². The monoisotopic (exact) mass is 358 g/mol. The van der Waals surface area contributed by atoms with E-state index in [4.69, 9.17) is 0 Å². The first-order chi connectivity index (χ1) is 13.1. The van der Waals surface area contributed by atoms with Gasteiger partial charge in [0.05, 0.1) is 29.7 Å². The van der Waals surface area contributed by atoms with E-state index in [-0.39, 0.29) is 11.3 Å². The van der Waals surface area contributed by atoms with Gasteiger partial charge >= 0.3 is 11.7 Å². The Balaban J connectivity index is 1.89. The maximum absolute atomic E-state index is 13.2. The predicted octanol–water partition coefficient (Wildman–Crippen LogP) is 3.60. The second kappa shape index (κ2) is 6.96. The molecule has 0 spiro atoms. The zero-order chi connectivity index (χ0) is 18.8. The van der Waals surface area contributed by atoms with Gasteiger partial charge in [-0.05, 0) is 29.3 Å². The van der Waals surface area contributed by atoms with Crippen molar-refractivity contribution in [2.75, 3.05) is 0 Å². The lowest BCUT2D eigenvalue weighted by Gasteiger charge is -2.04. The number of nitrogens with zero attached hydrogens (tertiary/aromatic N) is 2. The largest absolute Gasteiger partial charge is 0.478 e. The topological polar surface area (TPSA) is 64.2 Å². The van der Waals surface area contributed by atoms with Crippen LogP contribution in [0.15, 0.2) is 83.7 Å². The minimum atomic E-state index is -1.01. The van der Waals surface area contributed by atoms with Crippen LogP contribution in [0.4, 0.5) is 0 Å². The first kappa shape index (κ1) is 16.8. The second-order valence-corrected chi connectivity index (χ2v) is 6.43. The fraction of sp³-hybridized carbons (Fsp3) is 0.0909. The van der Waals surface area contributed by atoms with E-state index in [1.165, 1.54) is 0 Å². The molecule has 3 aromatic carbocycles. The summed E-state index contributed by atoms with van der Waals surface area (Å²) in [5.41, 5.74) is 3.37. The normalized spacial score (nSPS) is 11.0. The molecule has 0 aliphatic rings. The summed E-state index contributed by atoms with van der Waals surface area (Å²) in [7, 11) is 0. The van der Waals surface area contributed by atoms with Crippen molar-refractivity contribution < 1.29 is 9.90 Å². The maximum Gasteiger partial charge on any atom is 0.335 e. The number of imidazole rings is 1. The van der Waals surface area contributed by atoms with Gasteiger partial charge in [-0.15, -0.1) is 0 Å². The quantitative estimate of drug-likeness (QED) is 0.593. The lowest BCUT2D eigenvalue weighted by Crippen LogP contribution is -2.25. The minimum Gasteiger partial charge on any atom is -0.478 e. The Kier molecular flexibility index (Phi) is 4.34. The lowest BCUT2D eigenvalue weighted by molar-refractivity contribution is 0.0697. The summed E-state index contributed by atoms with van der Waals surface area (Å²) in [6, 6.07) is 24.2. The molecule has 134 valence electrons. The van der Waals surface area contributed by atoms with Crippen LogP contribution in [0.5, 0.6) is 0 Å². The molecular formula is C22H18N2O3. The smallest absolute Gasteiger partial charge is 0.335 e. The molecule has 0 fully saturated rings. The van der Waals surface area contributed by atoms with E-state index in [0.717, 1.165) is 16.6 Å². The number of benzene rings is 3. The van der Waals surface area contributed by atoms with Crippen molar-refractivity contribution in [3.8, 4) is 0 Å². The van der Waals surface area contributed by atoms with Crippen LogP contribution in [0.3, 0.4) is 0 Å². The van der Waals surface area contributed by atoms with Gasteiger partial charge in [0.25, 0.3) is 0 Å². The molecule has 0 bridgehead atoms. The lowest BCUT2D eigenvalue weighted by atomic mass is 10.2. The Morgan fingerprint density at radius 1 is 0.741 bits per heavy atom. The number of aromatic carboxylic acids is 1. The zero-order valence-corrected chi connectivity index (χ0v) is 14.6. The van der Waals surface area contributed by atoms with Crippen LogP contribution in [-0.2, 0) is 13.1 Å². The van der Waals surface area contributed by atoms with Crippen molar-refractivity contribution in [3.63, 3.8) is 0 Å². The number of carboxylic acids is 1. The van der Waals surface area contributed by atoms with Gasteiger partial charge in [-0.25, -0.2) is 9.59 Å². The van der Waals surface area contributed by atoms with E-state index in [1.54, 1.807) is 27.3 Å². The van der Waals surface area contributed by atoms with Gasteiger partial charge in [0, 0.05) is 0 Å². The van der Waals surface area contributed by atoms with Crippen LogP contribution < -0.4 is 5.69 Å². The first-order valence-corrected chi connectivity index (χ1v) is 8.68. The second-order valence-electron chi connectivity index (χ2n) is 6.43. The summed E-state index contributed by atoms with van der Waals surface area (Å²) in [6.07, 6.45) is 0. The maximum atomic E-state index is 13.2. The molecule has 5 heteroatoms. The number of carboxylic acid groups (broad SMARTS) is 1. The van der Waals surface area contributed by atoms with E-state index < -0.39 is 5.97 Å². The molecule has 1 aromatic heterocycles. The highest BCUT2D eigenvalue weighted by Crippen LogP contribution is 2.18. The number of fused-ring (bicyclic) bond motifs is 1. The van der Waals surface area contributed by atoms with Crippen molar-refractivity contribution in [1.82, 2.24) is 9.13 Å². The Hall–Kier alpha value is -3.60. The van der Waals surface area contributed by atoms with E-state index in [2.05, 4.69) is 0 Å². The summed E-state index contributed by atoms with van der Waals surface area (Å²) < 4.78 is 3.33. The molecular weight excluding hydrogens is 340 g/mol. The standard InChI is InChI=1S/C22H18N2O3/c25-21(26)18-11-12-19-20(13-18)24(15-17-9-5-2-6-10-17)22(27)23(19)14-16-7-3-1-4-8-16/h1-13H,14-15H2,(H,25,26). The van der Waals surface area contributed by atoms with E-state index in [1.807, 2.05) is 60.7 Å².